The molecular weight excluding hydrogens is 485 g/mol. The lowest BCUT2D eigenvalue weighted by Gasteiger charge is -2.38. The fourth-order valence-electron chi connectivity index (χ4n) is 5.00. The molecule has 0 aliphatic carbocycles. The van der Waals surface area contributed by atoms with Crippen molar-refractivity contribution in [2.45, 2.75) is 12.7 Å². The van der Waals surface area contributed by atoms with Gasteiger partial charge < -0.3 is 10.1 Å². The Hall–Kier alpha value is -4.98. The first-order valence-corrected chi connectivity index (χ1v) is 12.0. The lowest BCUT2D eigenvalue weighted by atomic mass is 10.0. The molecule has 6 rings (SSSR count). The van der Waals surface area contributed by atoms with E-state index < -0.39 is 12.0 Å². The summed E-state index contributed by atoms with van der Waals surface area (Å²) >= 11 is 0. The van der Waals surface area contributed by atoms with Gasteiger partial charge in [0.1, 0.15) is 17.7 Å². The average molecular weight is 508 g/mol. The van der Waals surface area contributed by atoms with Crippen molar-refractivity contribution in [3.63, 3.8) is 0 Å². The molecule has 0 aromatic heterocycles. The molecule has 3 amide bonds. The maximum atomic E-state index is 13.7. The van der Waals surface area contributed by atoms with Crippen molar-refractivity contribution in [2.75, 3.05) is 17.3 Å². The largest absolute Gasteiger partial charge is 0.496 e. The summed E-state index contributed by atoms with van der Waals surface area (Å²) in [7, 11) is 1.52. The van der Waals surface area contributed by atoms with Crippen molar-refractivity contribution in [3.05, 3.63) is 125 Å². The van der Waals surface area contributed by atoms with Crippen LogP contribution in [0.3, 0.4) is 0 Å². The normalized spacial score (nSPS) is 16.3. The number of benzene rings is 4. The number of carbonyl (C=O) groups excluding carboxylic acids is 3. The van der Waals surface area contributed by atoms with Gasteiger partial charge in [-0.15, -0.1) is 0 Å². The first-order chi connectivity index (χ1) is 18.5. The van der Waals surface area contributed by atoms with Gasteiger partial charge in [-0.3, -0.25) is 24.2 Å². The Labute approximate surface area is 218 Å². The summed E-state index contributed by atoms with van der Waals surface area (Å²) in [5, 5.41) is 3.42. The summed E-state index contributed by atoms with van der Waals surface area (Å²) < 4.78 is 19.3. The number of methoxy groups -OCH3 is 1. The quantitative estimate of drug-likeness (QED) is 0.366. The summed E-state index contributed by atoms with van der Waals surface area (Å²) in [6, 6.07) is 25.0. The minimum atomic E-state index is -0.644. The van der Waals surface area contributed by atoms with Crippen LogP contribution in [-0.4, -0.2) is 29.7 Å². The van der Waals surface area contributed by atoms with Crippen molar-refractivity contribution >= 4 is 29.1 Å². The van der Waals surface area contributed by atoms with Crippen LogP contribution in [0, 0.1) is 5.82 Å². The van der Waals surface area contributed by atoms with Crippen molar-refractivity contribution in [1.29, 1.82) is 0 Å². The summed E-state index contributed by atoms with van der Waals surface area (Å²) in [5.41, 5.74) is 3.71. The van der Waals surface area contributed by atoms with Crippen LogP contribution < -0.4 is 15.0 Å². The Morgan fingerprint density at radius 3 is 2.08 bits per heavy atom. The number of hydrogen-bond acceptors (Lipinski definition) is 5. The van der Waals surface area contributed by atoms with E-state index in [2.05, 4.69) is 5.32 Å². The molecule has 1 atom stereocenters. The van der Waals surface area contributed by atoms with Gasteiger partial charge in [-0.25, -0.2) is 4.39 Å². The third kappa shape index (κ3) is 3.78. The van der Waals surface area contributed by atoms with Crippen LogP contribution >= 0.6 is 0 Å². The molecule has 2 aliphatic heterocycles. The zero-order valence-electron chi connectivity index (χ0n) is 20.4. The first kappa shape index (κ1) is 23.4. The van der Waals surface area contributed by atoms with Gasteiger partial charge in [-0.2, -0.15) is 0 Å². The van der Waals surface area contributed by atoms with Crippen molar-refractivity contribution in [1.82, 2.24) is 4.90 Å². The lowest BCUT2D eigenvalue weighted by Crippen LogP contribution is -2.43. The minimum Gasteiger partial charge on any atom is -0.496 e. The van der Waals surface area contributed by atoms with Crippen LogP contribution in [0.4, 0.5) is 15.8 Å². The molecule has 1 N–H and O–H groups in total. The minimum absolute atomic E-state index is 0.00282. The number of nitrogens with zero attached hydrogens (tertiary/aromatic N) is 2. The number of anilines is 2. The molecule has 38 heavy (non-hydrogen) atoms. The molecule has 0 radical (unpaired) electrons. The number of fused-ring (bicyclic) bond motifs is 2. The SMILES string of the molecule is COc1ccc(C2Nc3ccccc3C(=O)N2c2ccc(F)cc2)cc1CN1C(=O)c2ccccc2C1=O. The predicted molar refractivity (Wildman–Crippen MR) is 140 cm³/mol. The molecule has 0 fully saturated rings. The zero-order valence-corrected chi connectivity index (χ0v) is 20.4. The second kappa shape index (κ2) is 9.15. The fraction of sp³-hybridized carbons (Fsp3) is 0.100. The van der Waals surface area contributed by atoms with Crippen LogP contribution in [0.25, 0.3) is 0 Å². The maximum Gasteiger partial charge on any atom is 0.262 e. The molecule has 4 aromatic rings. The molecule has 2 aliphatic rings. The highest BCUT2D eigenvalue weighted by Crippen LogP contribution is 2.38. The number of imide groups is 1. The van der Waals surface area contributed by atoms with Crippen molar-refractivity contribution < 1.29 is 23.5 Å². The van der Waals surface area contributed by atoms with Gasteiger partial charge in [-0.1, -0.05) is 30.3 Å². The van der Waals surface area contributed by atoms with Gasteiger partial charge in [0.2, 0.25) is 0 Å². The standard InChI is InChI=1S/C30H22FN3O4/c1-38-26-15-10-18(16-19(26)17-33-28(35)22-6-2-3-7-23(22)29(33)36)27-32-25-9-5-4-8-24(25)30(37)34(27)21-13-11-20(31)12-14-21/h2-16,27,32H,17H2,1H3. The Kier molecular flexibility index (Phi) is 5.64. The molecule has 2 heterocycles. The van der Waals surface area contributed by atoms with E-state index in [1.807, 2.05) is 24.3 Å². The Bertz CT molecular complexity index is 1570. The second-order valence-corrected chi connectivity index (χ2v) is 9.06. The van der Waals surface area contributed by atoms with Gasteiger partial charge in [0.05, 0.1) is 30.3 Å². The number of carbonyl (C=O) groups is 3. The molecule has 0 saturated carbocycles. The fourth-order valence-corrected chi connectivity index (χ4v) is 5.00. The van der Waals surface area contributed by atoms with E-state index in [-0.39, 0.29) is 24.3 Å². The van der Waals surface area contributed by atoms with Crippen LogP contribution in [0.2, 0.25) is 0 Å². The highest BCUT2D eigenvalue weighted by molar-refractivity contribution is 6.21. The molecule has 0 saturated heterocycles. The smallest absolute Gasteiger partial charge is 0.262 e. The van der Waals surface area contributed by atoms with Crippen molar-refractivity contribution in [2.24, 2.45) is 0 Å². The van der Waals surface area contributed by atoms with Crippen molar-refractivity contribution in [3.8, 4) is 5.75 Å². The van der Waals surface area contributed by atoms with Crippen LogP contribution in [0.5, 0.6) is 5.75 Å². The zero-order chi connectivity index (χ0) is 26.4. The van der Waals surface area contributed by atoms with Gasteiger partial charge >= 0.3 is 0 Å². The number of rotatable bonds is 5. The van der Waals surface area contributed by atoms with E-state index >= 15 is 0 Å². The Balaban J connectivity index is 1.41. The van der Waals surface area contributed by atoms with Crippen LogP contribution in [0.1, 0.15) is 48.4 Å². The lowest BCUT2D eigenvalue weighted by molar-refractivity contribution is 0.0641. The van der Waals surface area contributed by atoms with E-state index in [9.17, 15) is 18.8 Å². The molecule has 4 aromatic carbocycles. The van der Waals surface area contributed by atoms with E-state index in [0.717, 1.165) is 0 Å². The van der Waals surface area contributed by atoms with Gasteiger partial charge in [0.25, 0.3) is 17.7 Å². The molecular formula is C30H22FN3O4. The second-order valence-electron chi connectivity index (χ2n) is 9.06. The topological polar surface area (TPSA) is 79.0 Å². The van der Waals surface area contributed by atoms with E-state index in [1.165, 1.54) is 24.1 Å². The highest BCUT2D eigenvalue weighted by Gasteiger charge is 2.37. The summed E-state index contributed by atoms with van der Waals surface area (Å²) in [6.45, 7) is -0.00282. The first-order valence-electron chi connectivity index (χ1n) is 12.0. The molecule has 188 valence electrons. The Morgan fingerprint density at radius 1 is 0.789 bits per heavy atom. The molecule has 7 nitrogen and oxygen atoms in total. The number of amides is 3. The monoisotopic (exact) mass is 507 g/mol. The molecule has 0 bridgehead atoms. The molecule has 8 heteroatoms. The van der Waals surface area contributed by atoms with Gasteiger partial charge in [0.15, 0.2) is 0 Å². The highest BCUT2D eigenvalue weighted by atomic mass is 19.1. The average Bonchev–Trinajstić information content (AvgIpc) is 3.18. The van der Waals surface area contributed by atoms with E-state index in [1.54, 1.807) is 59.5 Å². The van der Waals surface area contributed by atoms with Crippen LogP contribution in [0.15, 0.2) is 91.0 Å². The predicted octanol–water partition coefficient (Wildman–Crippen LogP) is 5.40. The van der Waals surface area contributed by atoms with E-state index in [0.29, 0.717) is 44.9 Å². The third-order valence-corrected chi connectivity index (χ3v) is 6.86. The number of halogens is 1. The Morgan fingerprint density at radius 2 is 1.42 bits per heavy atom. The van der Waals surface area contributed by atoms with E-state index in [4.69, 9.17) is 4.74 Å². The number of ether oxygens (including phenoxy) is 1. The number of hydrogen-bond donors (Lipinski definition) is 1. The molecule has 0 spiro atoms. The maximum absolute atomic E-state index is 13.7. The van der Waals surface area contributed by atoms with Crippen LogP contribution in [-0.2, 0) is 6.54 Å². The van der Waals surface area contributed by atoms with Gasteiger partial charge in [-0.05, 0) is 66.2 Å². The molecule has 1 unspecified atom stereocenters. The number of para-hydroxylation sites is 1. The number of nitrogens with one attached hydrogen (secondary N) is 1. The summed E-state index contributed by atoms with van der Waals surface area (Å²) in [5.74, 6) is -0.887. The van der Waals surface area contributed by atoms with Gasteiger partial charge in [0, 0.05) is 16.9 Å². The third-order valence-electron chi connectivity index (χ3n) is 6.86. The summed E-state index contributed by atoms with van der Waals surface area (Å²) in [6.07, 6.45) is -0.644. The summed E-state index contributed by atoms with van der Waals surface area (Å²) in [4.78, 5) is 42.4.